The van der Waals surface area contributed by atoms with E-state index in [0.29, 0.717) is 24.1 Å². The van der Waals surface area contributed by atoms with Gasteiger partial charge in [-0.2, -0.15) is 0 Å². The topological polar surface area (TPSA) is 12.0 Å². The van der Waals surface area contributed by atoms with Crippen LogP contribution in [0.3, 0.4) is 0 Å². The van der Waals surface area contributed by atoms with E-state index < -0.39 is 11.6 Å². The number of benzene rings is 1. The molecule has 0 aromatic heterocycles. The molecule has 1 nitrogen and oxygen atoms in total. The van der Waals surface area contributed by atoms with Crippen LogP contribution < -0.4 is 5.32 Å². The summed E-state index contributed by atoms with van der Waals surface area (Å²) in [6, 6.07) is 4.26. The summed E-state index contributed by atoms with van der Waals surface area (Å²) in [6.07, 6.45) is 7.59. The van der Waals surface area contributed by atoms with E-state index in [9.17, 15) is 8.78 Å². The Morgan fingerprint density at radius 1 is 1.21 bits per heavy atom. The van der Waals surface area contributed by atoms with E-state index in [1.807, 2.05) is 0 Å². The Hall–Kier alpha value is -0.960. The van der Waals surface area contributed by atoms with Gasteiger partial charge in [0.15, 0.2) is 0 Å². The van der Waals surface area contributed by atoms with E-state index in [-0.39, 0.29) is 0 Å². The highest BCUT2D eigenvalue weighted by atomic mass is 19.1. The van der Waals surface area contributed by atoms with Gasteiger partial charge in [-0.15, -0.1) is 0 Å². The van der Waals surface area contributed by atoms with Crippen LogP contribution in [-0.4, -0.2) is 6.04 Å². The molecule has 0 aliphatic heterocycles. The van der Waals surface area contributed by atoms with E-state index in [0.717, 1.165) is 12.5 Å². The van der Waals surface area contributed by atoms with Crippen molar-refractivity contribution >= 4 is 0 Å². The number of hydrogen-bond acceptors (Lipinski definition) is 1. The van der Waals surface area contributed by atoms with Gasteiger partial charge in [-0.3, -0.25) is 0 Å². The lowest BCUT2D eigenvalue weighted by Gasteiger charge is -2.30. The first-order valence-corrected chi connectivity index (χ1v) is 7.38. The molecule has 0 heterocycles. The first-order chi connectivity index (χ1) is 9.20. The Bertz CT molecular complexity index is 400. The Balaban J connectivity index is 1.91. The van der Waals surface area contributed by atoms with Crippen LogP contribution in [0.25, 0.3) is 0 Å². The molecule has 106 valence electrons. The minimum atomic E-state index is -0.513. The molecule has 0 spiro atoms. The van der Waals surface area contributed by atoms with Gasteiger partial charge >= 0.3 is 0 Å². The van der Waals surface area contributed by atoms with Crippen LogP contribution in [0, 0.1) is 17.6 Å². The minimum Gasteiger partial charge on any atom is -0.310 e. The maximum Gasteiger partial charge on any atom is 0.130 e. The molecule has 19 heavy (non-hydrogen) atoms. The lowest BCUT2D eigenvalue weighted by molar-refractivity contribution is 0.261. The van der Waals surface area contributed by atoms with E-state index in [1.165, 1.54) is 44.2 Å². The van der Waals surface area contributed by atoms with Crippen molar-refractivity contribution in [2.75, 3.05) is 0 Å². The van der Waals surface area contributed by atoms with Crippen LogP contribution >= 0.6 is 0 Å². The third-order valence-corrected chi connectivity index (χ3v) is 4.23. The van der Waals surface area contributed by atoms with Crippen molar-refractivity contribution in [2.45, 2.75) is 58.0 Å². The molecule has 2 rings (SSSR count). The lowest BCUT2D eigenvalue weighted by atomic mass is 9.83. The van der Waals surface area contributed by atoms with Gasteiger partial charge in [-0.1, -0.05) is 32.3 Å². The molecular weight excluding hydrogens is 244 g/mol. The average molecular weight is 267 g/mol. The predicted molar refractivity (Wildman–Crippen MR) is 73.9 cm³/mol. The molecule has 0 saturated heterocycles. The van der Waals surface area contributed by atoms with Crippen molar-refractivity contribution in [3.05, 3.63) is 35.4 Å². The quantitative estimate of drug-likeness (QED) is 0.833. The monoisotopic (exact) mass is 267 g/mol. The lowest BCUT2D eigenvalue weighted by Crippen LogP contribution is -2.36. The fraction of sp³-hybridized carbons (Fsp3) is 0.625. The van der Waals surface area contributed by atoms with Gasteiger partial charge in [0.05, 0.1) is 0 Å². The van der Waals surface area contributed by atoms with Gasteiger partial charge in [-0.25, -0.2) is 8.78 Å². The largest absolute Gasteiger partial charge is 0.310 e. The van der Waals surface area contributed by atoms with Crippen molar-refractivity contribution in [2.24, 2.45) is 5.92 Å². The highest BCUT2D eigenvalue weighted by Gasteiger charge is 2.21. The van der Waals surface area contributed by atoms with Crippen molar-refractivity contribution in [3.8, 4) is 0 Å². The Labute approximate surface area is 114 Å². The standard InChI is InChI=1S/C16H23F2N/c1-2-16(12-6-4-3-5-7-12)19-11-13-8-9-14(17)10-15(13)18/h8-10,12,16,19H,2-7,11H2,1H3. The molecule has 1 fully saturated rings. The number of halogens is 2. The summed E-state index contributed by atoms with van der Waals surface area (Å²) in [5.74, 6) is -0.256. The summed E-state index contributed by atoms with van der Waals surface area (Å²) in [4.78, 5) is 0. The Morgan fingerprint density at radius 2 is 1.95 bits per heavy atom. The smallest absolute Gasteiger partial charge is 0.130 e. The summed E-state index contributed by atoms with van der Waals surface area (Å²) in [6.45, 7) is 2.66. The zero-order valence-corrected chi connectivity index (χ0v) is 11.6. The molecule has 1 atom stereocenters. The third kappa shape index (κ3) is 4.00. The fourth-order valence-corrected chi connectivity index (χ4v) is 3.09. The first-order valence-electron chi connectivity index (χ1n) is 7.38. The molecule has 1 aliphatic carbocycles. The van der Waals surface area contributed by atoms with Crippen LogP contribution in [0.2, 0.25) is 0 Å². The second-order valence-corrected chi connectivity index (χ2v) is 5.53. The van der Waals surface area contributed by atoms with Gasteiger partial charge in [0, 0.05) is 24.2 Å². The van der Waals surface area contributed by atoms with Crippen molar-refractivity contribution < 1.29 is 8.78 Å². The Morgan fingerprint density at radius 3 is 2.58 bits per heavy atom. The van der Waals surface area contributed by atoms with Crippen molar-refractivity contribution in [1.82, 2.24) is 5.32 Å². The van der Waals surface area contributed by atoms with Gasteiger partial charge in [0.2, 0.25) is 0 Å². The third-order valence-electron chi connectivity index (χ3n) is 4.23. The second kappa shape index (κ2) is 6.99. The number of hydrogen-bond donors (Lipinski definition) is 1. The van der Waals surface area contributed by atoms with Crippen molar-refractivity contribution in [1.29, 1.82) is 0 Å². The summed E-state index contributed by atoms with van der Waals surface area (Å²) >= 11 is 0. The van der Waals surface area contributed by atoms with Crippen LogP contribution in [0.5, 0.6) is 0 Å². The van der Waals surface area contributed by atoms with Crippen LogP contribution in [0.15, 0.2) is 18.2 Å². The molecule has 3 heteroatoms. The van der Waals surface area contributed by atoms with Crippen LogP contribution in [0.4, 0.5) is 8.78 Å². The van der Waals surface area contributed by atoms with Crippen LogP contribution in [-0.2, 0) is 6.54 Å². The molecule has 1 unspecified atom stereocenters. The summed E-state index contributed by atoms with van der Waals surface area (Å²) in [5.41, 5.74) is 0.552. The molecule has 0 amide bonds. The number of nitrogens with one attached hydrogen (secondary N) is 1. The zero-order chi connectivity index (χ0) is 13.7. The highest BCUT2D eigenvalue weighted by Crippen LogP contribution is 2.28. The zero-order valence-electron chi connectivity index (χ0n) is 11.6. The van der Waals surface area contributed by atoms with E-state index >= 15 is 0 Å². The molecule has 1 aromatic carbocycles. The van der Waals surface area contributed by atoms with Gasteiger partial charge in [0.1, 0.15) is 11.6 Å². The fourth-order valence-electron chi connectivity index (χ4n) is 3.09. The van der Waals surface area contributed by atoms with Crippen LogP contribution in [0.1, 0.15) is 51.0 Å². The average Bonchev–Trinajstić information content (AvgIpc) is 2.43. The normalized spacial score (nSPS) is 18.5. The molecule has 1 aliphatic rings. The van der Waals surface area contributed by atoms with E-state index in [2.05, 4.69) is 12.2 Å². The van der Waals surface area contributed by atoms with Gasteiger partial charge < -0.3 is 5.32 Å². The SMILES string of the molecule is CCC(NCc1ccc(F)cc1F)C1CCCCC1. The predicted octanol–water partition coefficient (Wildman–Crippen LogP) is 4.41. The summed E-state index contributed by atoms with van der Waals surface area (Å²) in [7, 11) is 0. The summed E-state index contributed by atoms with van der Waals surface area (Å²) in [5, 5.41) is 3.45. The highest BCUT2D eigenvalue weighted by molar-refractivity contribution is 5.18. The Kier molecular flexibility index (Phi) is 5.32. The molecule has 0 radical (unpaired) electrons. The maximum absolute atomic E-state index is 13.6. The first kappa shape index (κ1) is 14.4. The van der Waals surface area contributed by atoms with E-state index in [4.69, 9.17) is 0 Å². The maximum atomic E-state index is 13.6. The molecular formula is C16H23F2N. The van der Waals surface area contributed by atoms with Gasteiger partial charge in [-0.05, 0) is 31.2 Å². The van der Waals surface area contributed by atoms with Crippen molar-refractivity contribution in [3.63, 3.8) is 0 Å². The molecule has 0 bridgehead atoms. The summed E-state index contributed by atoms with van der Waals surface area (Å²) < 4.78 is 26.4. The molecule has 1 N–H and O–H groups in total. The van der Waals surface area contributed by atoms with E-state index in [1.54, 1.807) is 0 Å². The van der Waals surface area contributed by atoms with Gasteiger partial charge in [0.25, 0.3) is 0 Å². The second-order valence-electron chi connectivity index (χ2n) is 5.53. The minimum absolute atomic E-state index is 0.449. The molecule has 1 saturated carbocycles. The number of rotatable bonds is 5. The molecule has 1 aromatic rings.